The number of aromatic amines is 1. The Morgan fingerprint density at radius 2 is 1.00 bits per heavy atom. The van der Waals surface area contributed by atoms with E-state index in [1.165, 1.54) is 50.2 Å². The largest absolute Gasteiger partial charge is 0.508 e. The Morgan fingerprint density at radius 3 is 1.53 bits per heavy atom. The average molecular weight is 877 g/mol. The zero-order valence-electron chi connectivity index (χ0n) is 35.2. The van der Waals surface area contributed by atoms with Crippen LogP contribution in [-0.4, -0.2) is 105 Å². The summed E-state index contributed by atoms with van der Waals surface area (Å²) in [6.07, 6.45) is 1.46. The average Bonchev–Trinajstić information content (AvgIpc) is 3.68. The molecule has 18 nitrogen and oxygen atoms in total. The number of carbonyl (C=O) groups is 7. The molecule has 6 atom stereocenters. The molecule has 4 aromatic carbocycles. The van der Waals surface area contributed by atoms with Gasteiger partial charge in [0.2, 0.25) is 35.4 Å². The van der Waals surface area contributed by atoms with E-state index in [9.17, 15) is 48.9 Å². The maximum Gasteiger partial charge on any atom is 0.325 e. The lowest BCUT2D eigenvalue weighted by Gasteiger charge is -2.25. The number of amides is 6. The van der Waals surface area contributed by atoms with E-state index in [1.54, 1.807) is 54.7 Å². The van der Waals surface area contributed by atoms with Gasteiger partial charge in [0.05, 0.1) is 12.6 Å². The number of fused-ring (bicyclic) bond motifs is 1. The number of benzene rings is 4. The van der Waals surface area contributed by atoms with E-state index in [2.05, 4.69) is 36.9 Å². The Hall–Kier alpha value is -7.73. The molecule has 0 aliphatic heterocycles. The number of aromatic nitrogens is 1. The van der Waals surface area contributed by atoms with Crippen LogP contribution in [0.15, 0.2) is 109 Å². The minimum absolute atomic E-state index is 0.0275. The van der Waals surface area contributed by atoms with E-state index in [-0.39, 0.29) is 37.2 Å². The fraction of sp³-hybridized carbons (Fsp3) is 0.283. The number of carbonyl (C=O) groups excluding carboxylic acids is 6. The van der Waals surface area contributed by atoms with Crippen LogP contribution in [0, 0.1) is 0 Å². The van der Waals surface area contributed by atoms with Crippen LogP contribution in [0.1, 0.15) is 36.1 Å². The van der Waals surface area contributed by atoms with Crippen LogP contribution in [0.5, 0.6) is 11.5 Å². The van der Waals surface area contributed by atoms with E-state index in [0.29, 0.717) is 16.7 Å². The monoisotopic (exact) mass is 876 g/mol. The Bertz CT molecular complexity index is 2420. The van der Waals surface area contributed by atoms with Gasteiger partial charge in [-0.1, -0.05) is 72.8 Å². The molecule has 0 spiro atoms. The van der Waals surface area contributed by atoms with E-state index in [1.807, 2.05) is 18.2 Å². The van der Waals surface area contributed by atoms with Crippen LogP contribution in [-0.2, 0) is 59.2 Å². The van der Waals surface area contributed by atoms with Gasteiger partial charge < -0.3 is 57.9 Å². The number of carboxylic acids is 1. The second-order valence-electron chi connectivity index (χ2n) is 15.4. The number of phenolic OH excluding ortho intramolecular Hbond substituents is 2. The molecule has 0 radical (unpaired) electrons. The summed E-state index contributed by atoms with van der Waals surface area (Å²) in [5.41, 5.74) is 8.97. The highest BCUT2D eigenvalue weighted by Crippen LogP contribution is 2.20. The van der Waals surface area contributed by atoms with E-state index < -0.39 is 84.2 Å². The van der Waals surface area contributed by atoms with Crippen LogP contribution in [0.25, 0.3) is 10.9 Å². The normalized spacial score (nSPS) is 13.8. The molecule has 336 valence electrons. The molecule has 0 aliphatic carbocycles. The first-order chi connectivity index (χ1) is 30.6. The van der Waals surface area contributed by atoms with Crippen LogP contribution >= 0.6 is 0 Å². The third kappa shape index (κ3) is 13.9. The number of rotatable bonds is 21. The van der Waals surface area contributed by atoms with Crippen molar-refractivity contribution in [2.24, 2.45) is 5.73 Å². The van der Waals surface area contributed by atoms with Gasteiger partial charge in [0, 0.05) is 42.8 Å². The van der Waals surface area contributed by atoms with Crippen molar-refractivity contribution in [3.8, 4) is 11.5 Å². The maximum absolute atomic E-state index is 14.2. The molecule has 0 fully saturated rings. The van der Waals surface area contributed by atoms with E-state index >= 15 is 0 Å². The van der Waals surface area contributed by atoms with Crippen LogP contribution in [0.2, 0.25) is 0 Å². The lowest BCUT2D eigenvalue weighted by Crippen LogP contribution is -2.58. The number of carboxylic acid groups (broad SMARTS) is 1. The number of nitrogens with two attached hydrogens (primary N) is 1. The van der Waals surface area contributed by atoms with Crippen LogP contribution in [0.3, 0.4) is 0 Å². The van der Waals surface area contributed by atoms with Crippen molar-refractivity contribution >= 4 is 52.3 Å². The van der Waals surface area contributed by atoms with Gasteiger partial charge in [-0.25, -0.2) is 0 Å². The number of nitrogens with one attached hydrogen (secondary N) is 7. The predicted octanol–water partition coefficient (Wildman–Crippen LogP) is 0.842. The Morgan fingerprint density at radius 1 is 0.547 bits per heavy atom. The summed E-state index contributed by atoms with van der Waals surface area (Å²) in [6.45, 7) is 2.06. The third-order valence-electron chi connectivity index (χ3n) is 10.3. The minimum atomic E-state index is -1.34. The van der Waals surface area contributed by atoms with Gasteiger partial charge in [-0.3, -0.25) is 33.6 Å². The molecular formula is C46H52N8O10. The summed E-state index contributed by atoms with van der Waals surface area (Å²) >= 11 is 0. The smallest absolute Gasteiger partial charge is 0.325 e. The fourth-order valence-corrected chi connectivity index (χ4v) is 6.70. The lowest BCUT2D eigenvalue weighted by atomic mass is 10.0. The standard InChI is InChI=1S/C46H52N8O10/c1-26(47)41(58)52-38(20-28-8-4-3-5-9-28)44(61)53-36(21-29-12-16-32(55)17-13-29)42(59)49-25-40(57)51-39(23-31-24-48-35-11-7-6-10-34(31)35)45(62)54-37(43(60)50-27(2)46(63)64)22-30-14-18-33(56)19-15-30/h3-19,24,26-27,36-39,48,55-56H,20-23,25,47H2,1-2H3,(H,49,59)(H,50,60)(H,51,57)(H,52,58)(H,53,61)(H,54,62)(H,63,64)/t26-,27-,36-,37-,38-,39-/m0/s1. The number of hydrogen-bond acceptors (Lipinski definition) is 10. The second-order valence-corrected chi connectivity index (χ2v) is 15.4. The predicted molar refractivity (Wildman–Crippen MR) is 235 cm³/mol. The summed E-state index contributed by atoms with van der Waals surface area (Å²) < 4.78 is 0. The van der Waals surface area contributed by atoms with Gasteiger partial charge in [0.25, 0.3) is 0 Å². The molecule has 5 aromatic rings. The molecule has 1 aromatic heterocycles. The molecule has 64 heavy (non-hydrogen) atoms. The minimum Gasteiger partial charge on any atom is -0.508 e. The number of para-hydroxylation sites is 1. The summed E-state index contributed by atoms with van der Waals surface area (Å²) in [4.78, 5) is 96.4. The van der Waals surface area contributed by atoms with Crippen molar-refractivity contribution in [1.29, 1.82) is 0 Å². The topological polar surface area (TPSA) is 294 Å². The maximum atomic E-state index is 14.2. The number of hydrogen-bond donors (Lipinski definition) is 11. The molecule has 0 bridgehead atoms. The molecule has 12 N–H and O–H groups in total. The highest BCUT2D eigenvalue weighted by atomic mass is 16.4. The van der Waals surface area contributed by atoms with Crippen molar-refractivity contribution < 1.29 is 48.9 Å². The summed E-state index contributed by atoms with van der Waals surface area (Å²) in [5, 5.41) is 45.4. The van der Waals surface area contributed by atoms with Gasteiger partial charge in [-0.05, 0) is 66.4 Å². The lowest BCUT2D eigenvalue weighted by molar-refractivity contribution is -0.141. The van der Waals surface area contributed by atoms with Crippen molar-refractivity contribution in [3.63, 3.8) is 0 Å². The van der Waals surface area contributed by atoms with Gasteiger partial charge in [-0.15, -0.1) is 0 Å². The Labute approximate surface area is 368 Å². The van der Waals surface area contributed by atoms with Crippen LogP contribution in [0.4, 0.5) is 0 Å². The van der Waals surface area contributed by atoms with Crippen molar-refractivity contribution in [3.05, 3.63) is 132 Å². The van der Waals surface area contributed by atoms with Crippen molar-refractivity contribution in [2.45, 2.75) is 75.8 Å². The molecule has 6 amide bonds. The summed E-state index contributed by atoms with van der Waals surface area (Å²) in [6, 6.07) is 20.6. The molecule has 5 rings (SSSR count). The molecular weight excluding hydrogens is 825 g/mol. The fourth-order valence-electron chi connectivity index (χ4n) is 6.70. The molecule has 18 heteroatoms. The van der Waals surface area contributed by atoms with Gasteiger partial charge in [0.1, 0.15) is 41.7 Å². The van der Waals surface area contributed by atoms with Gasteiger partial charge in [-0.2, -0.15) is 0 Å². The number of aliphatic carboxylic acids is 1. The zero-order valence-corrected chi connectivity index (χ0v) is 35.2. The number of H-pyrrole nitrogens is 1. The van der Waals surface area contributed by atoms with E-state index in [4.69, 9.17) is 5.73 Å². The third-order valence-corrected chi connectivity index (χ3v) is 10.3. The van der Waals surface area contributed by atoms with Gasteiger partial charge >= 0.3 is 5.97 Å². The van der Waals surface area contributed by atoms with Crippen molar-refractivity contribution in [2.75, 3.05) is 6.54 Å². The first kappa shape index (κ1) is 47.3. The summed E-state index contributed by atoms with van der Waals surface area (Å²) in [7, 11) is 0. The number of phenols is 2. The second kappa shape index (κ2) is 22.4. The SMILES string of the molecule is C[C@H](N)C(=O)N[C@@H](Cc1ccccc1)C(=O)N[C@@H](Cc1ccc(O)cc1)C(=O)NCC(=O)N[C@@H](Cc1c[nH]c2ccccc12)C(=O)N[C@@H](Cc1ccc(O)cc1)C(=O)N[C@@H](C)C(=O)O. The highest BCUT2D eigenvalue weighted by Gasteiger charge is 2.31. The highest BCUT2D eigenvalue weighted by molar-refractivity contribution is 5.97. The van der Waals surface area contributed by atoms with E-state index in [0.717, 1.165) is 16.5 Å². The molecule has 1 heterocycles. The van der Waals surface area contributed by atoms with Gasteiger partial charge in [0.15, 0.2) is 0 Å². The van der Waals surface area contributed by atoms with Crippen molar-refractivity contribution in [1.82, 2.24) is 36.9 Å². The first-order valence-corrected chi connectivity index (χ1v) is 20.5. The molecule has 0 saturated carbocycles. The molecule has 0 saturated heterocycles. The quantitative estimate of drug-likeness (QED) is 0.0491. The zero-order chi connectivity index (χ0) is 46.3. The first-order valence-electron chi connectivity index (χ1n) is 20.5. The molecule has 0 unspecified atom stereocenters. The Kier molecular flexibility index (Phi) is 16.6. The Balaban J connectivity index is 1.36. The molecule has 0 aliphatic rings. The van der Waals surface area contributed by atoms with Crippen LogP contribution < -0.4 is 37.6 Å². The summed E-state index contributed by atoms with van der Waals surface area (Å²) in [5.74, 6) is -5.89. The number of aromatic hydroxyl groups is 2.